The Bertz CT molecular complexity index is 3480. The van der Waals surface area contributed by atoms with Crippen molar-refractivity contribution in [3.8, 4) is 34.0 Å². The molecule has 5 heteroatoms. The van der Waals surface area contributed by atoms with Crippen molar-refractivity contribution >= 4 is 76.5 Å². The average Bonchev–Trinajstić information content (AvgIpc) is 3.92. The van der Waals surface area contributed by atoms with Crippen LogP contribution in [0.4, 0.5) is 0 Å². The maximum Gasteiger partial charge on any atom is 0.162 e. The third-order valence-corrected chi connectivity index (χ3v) is 11.1. The zero-order valence-corrected chi connectivity index (χ0v) is 29.5. The van der Waals surface area contributed by atoms with Gasteiger partial charge in [-0.3, -0.25) is 0 Å². The Labute approximate surface area is 315 Å². The third-order valence-electron chi connectivity index (χ3n) is 11.1. The lowest BCUT2D eigenvalue weighted by molar-refractivity contribution is 0.671. The van der Waals surface area contributed by atoms with Crippen molar-refractivity contribution in [2.75, 3.05) is 0 Å². The first-order chi connectivity index (χ1) is 27.3. The summed E-state index contributed by atoms with van der Waals surface area (Å²) < 4.78 is 11.8. The third kappa shape index (κ3) is 4.29. The molecule has 0 saturated heterocycles. The fourth-order valence-electron chi connectivity index (χ4n) is 8.80. The Morgan fingerprint density at radius 3 is 1.73 bits per heavy atom. The van der Waals surface area contributed by atoms with Gasteiger partial charge in [0.15, 0.2) is 11.4 Å². The van der Waals surface area contributed by atoms with Gasteiger partial charge in [-0.05, 0) is 48.5 Å². The van der Waals surface area contributed by atoms with E-state index in [1.54, 1.807) is 0 Å². The van der Waals surface area contributed by atoms with Crippen molar-refractivity contribution in [2.45, 2.75) is 0 Å². The largest absolute Gasteiger partial charge is 0.454 e. The van der Waals surface area contributed by atoms with E-state index in [4.69, 9.17) is 14.4 Å². The van der Waals surface area contributed by atoms with Crippen molar-refractivity contribution in [1.82, 2.24) is 19.1 Å². The lowest BCUT2D eigenvalue weighted by atomic mass is 10.0. The van der Waals surface area contributed by atoms with E-state index < -0.39 is 0 Å². The molecule has 0 aliphatic carbocycles. The fraction of sp³-hybridized carbons (Fsp3) is 0. The van der Waals surface area contributed by atoms with Gasteiger partial charge >= 0.3 is 0 Å². The fourth-order valence-corrected chi connectivity index (χ4v) is 8.80. The number of furan rings is 1. The smallest absolute Gasteiger partial charge is 0.162 e. The minimum atomic E-state index is 0.687. The maximum absolute atomic E-state index is 6.99. The molecule has 0 aliphatic heterocycles. The van der Waals surface area contributed by atoms with E-state index >= 15 is 0 Å². The molecule has 0 aliphatic rings. The van der Waals surface area contributed by atoms with E-state index in [0.29, 0.717) is 5.82 Å². The van der Waals surface area contributed by atoms with Crippen LogP contribution in [-0.2, 0) is 0 Å². The molecule has 8 aromatic carbocycles. The Morgan fingerprint density at radius 1 is 0.400 bits per heavy atom. The average molecular weight is 703 g/mol. The Kier molecular flexibility index (Phi) is 6.27. The molecule has 0 unspecified atom stereocenters. The molecule has 0 saturated carbocycles. The normalized spacial score (nSPS) is 12.0. The van der Waals surface area contributed by atoms with Crippen LogP contribution in [0, 0.1) is 0 Å². The number of para-hydroxylation sites is 5. The van der Waals surface area contributed by atoms with E-state index in [2.05, 4.69) is 179 Å². The SMILES string of the molecule is c1ccc(-c2nc(-c3cccc(-n4c5ccccc5c5c6c7ccccc7n(-c7ccccc7)c6c6oc7ccccc7c6c54)c3)nc3ccccc23)cc1. The highest BCUT2D eigenvalue weighted by Gasteiger charge is 2.27. The summed E-state index contributed by atoms with van der Waals surface area (Å²) >= 11 is 0. The standard InChI is InChI=1S/C50H30N4O/c1-3-16-31(17-4-1)46-35-22-7-11-26-39(35)51-50(52-46)32-18-15-21-34(30-32)54-41-28-13-8-23-36(41)43-44-37-24-9-12-27-40(37)53(33-19-5-2-6-20-33)48(44)49-45(47(43)54)38-25-10-14-29-42(38)55-49/h1-30H. The number of aromatic nitrogens is 4. The molecule has 0 radical (unpaired) electrons. The van der Waals surface area contributed by atoms with Crippen LogP contribution < -0.4 is 0 Å². The van der Waals surface area contributed by atoms with E-state index in [0.717, 1.165) is 83.1 Å². The quantitative estimate of drug-likeness (QED) is 0.183. The second-order valence-corrected chi connectivity index (χ2v) is 14.1. The summed E-state index contributed by atoms with van der Waals surface area (Å²) in [7, 11) is 0. The number of nitrogens with zero attached hydrogens (tertiary/aromatic N) is 4. The molecular formula is C50H30N4O. The molecular weight excluding hydrogens is 673 g/mol. The molecule has 0 atom stereocenters. The number of fused-ring (bicyclic) bond motifs is 13. The summed E-state index contributed by atoms with van der Waals surface area (Å²) in [6.45, 7) is 0. The molecule has 0 amide bonds. The predicted octanol–water partition coefficient (Wildman–Crippen LogP) is 13.1. The van der Waals surface area contributed by atoms with Crippen LogP contribution in [0.5, 0.6) is 0 Å². The summed E-state index contributed by atoms with van der Waals surface area (Å²) in [6.07, 6.45) is 0. The Balaban J connectivity index is 1.23. The summed E-state index contributed by atoms with van der Waals surface area (Å²) in [6, 6.07) is 63.9. The van der Waals surface area contributed by atoms with Crippen molar-refractivity contribution in [1.29, 1.82) is 0 Å². The van der Waals surface area contributed by atoms with Gasteiger partial charge in [-0.1, -0.05) is 133 Å². The van der Waals surface area contributed by atoms with Gasteiger partial charge in [-0.2, -0.15) is 0 Å². The zero-order valence-electron chi connectivity index (χ0n) is 29.5. The number of benzene rings is 8. The highest BCUT2D eigenvalue weighted by molar-refractivity contribution is 6.39. The van der Waals surface area contributed by atoms with Crippen LogP contribution in [0.3, 0.4) is 0 Å². The van der Waals surface area contributed by atoms with Gasteiger partial charge in [0.1, 0.15) is 5.58 Å². The summed E-state index contributed by atoms with van der Waals surface area (Å²) in [5, 5.41) is 7.95. The first-order valence-electron chi connectivity index (χ1n) is 18.6. The van der Waals surface area contributed by atoms with E-state index in [1.807, 2.05) is 12.1 Å². The zero-order chi connectivity index (χ0) is 36.0. The van der Waals surface area contributed by atoms with Gasteiger partial charge < -0.3 is 13.6 Å². The van der Waals surface area contributed by atoms with E-state index in [9.17, 15) is 0 Å². The first kappa shape index (κ1) is 30.0. The van der Waals surface area contributed by atoms with E-state index in [-0.39, 0.29) is 0 Å². The molecule has 12 rings (SSSR count). The van der Waals surface area contributed by atoms with Crippen LogP contribution in [0.25, 0.3) is 110 Å². The summed E-state index contributed by atoms with van der Waals surface area (Å²) in [4.78, 5) is 10.4. The number of hydrogen-bond donors (Lipinski definition) is 0. The summed E-state index contributed by atoms with van der Waals surface area (Å²) in [5.74, 6) is 0.687. The lowest BCUT2D eigenvalue weighted by Crippen LogP contribution is -1.98. The van der Waals surface area contributed by atoms with Gasteiger partial charge in [0.2, 0.25) is 0 Å². The van der Waals surface area contributed by atoms with Crippen molar-refractivity contribution in [2.24, 2.45) is 0 Å². The molecule has 4 aromatic heterocycles. The lowest BCUT2D eigenvalue weighted by Gasteiger charge is -2.13. The second-order valence-electron chi connectivity index (χ2n) is 14.1. The summed E-state index contributed by atoms with van der Waals surface area (Å²) in [5.41, 5.74) is 12.1. The van der Waals surface area contributed by atoms with Crippen LogP contribution in [0.15, 0.2) is 186 Å². The van der Waals surface area contributed by atoms with Gasteiger partial charge in [0, 0.05) is 54.8 Å². The predicted molar refractivity (Wildman–Crippen MR) is 226 cm³/mol. The minimum Gasteiger partial charge on any atom is -0.454 e. The molecule has 0 N–H and O–H groups in total. The van der Waals surface area contributed by atoms with Gasteiger partial charge in [-0.15, -0.1) is 0 Å². The van der Waals surface area contributed by atoms with Crippen LogP contribution in [-0.4, -0.2) is 19.1 Å². The molecule has 256 valence electrons. The molecule has 0 spiro atoms. The monoisotopic (exact) mass is 702 g/mol. The highest BCUT2D eigenvalue weighted by Crippen LogP contribution is 2.49. The molecule has 0 fully saturated rings. The Morgan fingerprint density at radius 2 is 0.964 bits per heavy atom. The van der Waals surface area contributed by atoms with Crippen molar-refractivity contribution in [3.05, 3.63) is 182 Å². The van der Waals surface area contributed by atoms with Crippen LogP contribution >= 0.6 is 0 Å². The molecule has 0 bridgehead atoms. The van der Waals surface area contributed by atoms with Crippen molar-refractivity contribution < 1.29 is 4.42 Å². The molecule has 5 nitrogen and oxygen atoms in total. The van der Waals surface area contributed by atoms with Gasteiger partial charge in [0.25, 0.3) is 0 Å². The van der Waals surface area contributed by atoms with Gasteiger partial charge in [0.05, 0.1) is 38.7 Å². The topological polar surface area (TPSA) is 48.8 Å². The van der Waals surface area contributed by atoms with Gasteiger partial charge in [-0.25, -0.2) is 9.97 Å². The van der Waals surface area contributed by atoms with Crippen molar-refractivity contribution in [3.63, 3.8) is 0 Å². The van der Waals surface area contributed by atoms with Crippen LogP contribution in [0.1, 0.15) is 0 Å². The second kappa shape index (κ2) is 11.5. The van der Waals surface area contributed by atoms with E-state index in [1.165, 1.54) is 21.5 Å². The maximum atomic E-state index is 6.99. The van der Waals surface area contributed by atoms with Crippen LogP contribution in [0.2, 0.25) is 0 Å². The minimum absolute atomic E-state index is 0.687. The Hall–Kier alpha value is -7.50. The highest BCUT2D eigenvalue weighted by atomic mass is 16.3. The molecule has 4 heterocycles. The number of rotatable bonds is 4. The number of hydrogen-bond acceptors (Lipinski definition) is 3. The first-order valence-corrected chi connectivity index (χ1v) is 18.6. The molecule has 12 aromatic rings. The molecule has 55 heavy (non-hydrogen) atoms.